The van der Waals surface area contributed by atoms with E-state index in [4.69, 9.17) is 0 Å². The minimum Gasteiger partial charge on any atom is -0.311 e. The molecule has 3 nitrogen and oxygen atoms in total. The second-order valence-electron chi connectivity index (χ2n) is 15.5. The molecule has 2 aromatic heterocycles. The summed E-state index contributed by atoms with van der Waals surface area (Å²) in [6.45, 7) is 2.28. The summed E-state index contributed by atoms with van der Waals surface area (Å²) in [7, 11) is 0. The van der Waals surface area contributed by atoms with Gasteiger partial charge < -0.3 is 14.0 Å². The second-order valence-corrected chi connectivity index (χ2v) is 15.5. The van der Waals surface area contributed by atoms with E-state index in [1.165, 1.54) is 82.9 Å². The van der Waals surface area contributed by atoms with Gasteiger partial charge >= 0.3 is 0 Å². The molecule has 0 N–H and O–H groups in total. The summed E-state index contributed by atoms with van der Waals surface area (Å²) in [6, 6.07) is 70.7. The zero-order valence-corrected chi connectivity index (χ0v) is 32.3. The quantitative estimate of drug-likeness (QED) is 0.158. The molecule has 10 aromatic rings. The Balaban J connectivity index is 0.953. The van der Waals surface area contributed by atoms with E-state index in [-0.39, 0.29) is 0 Å². The number of para-hydroxylation sites is 4. The lowest BCUT2D eigenvalue weighted by Crippen LogP contribution is -2.17. The Kier molecular flexibility index (Phi) is 8.18. The number of hydrogen-bond donors (Lipinski definition) is 0. The first kappa shape index (κ1) is 33.9. The largest absolute Gasteiger partial charge is 0.311 e. The van der Waals surface area contributed by atoms with Gasteiger partial charge in [-0.1, -0.05) is 134 Å². The van der Waals surface area contributed by atoms with Gasteiger partial charge in [-0.3, -0.25) is 0 Å². The van der Waals surface area contributed by atoms with E-state index in [9.17, 15) is 0 Å². The Morgan fingerprint density at radius 1 is 0.414 bits per heavy atom. The van der Waals surface area contributed by atoms with Crippen LogP contribution in [-0.2, 0) is 0 Å². The highest BCUT2D eigenvalue weighted by molar-refractivity contribution is 6.11. The van der Waals surface area contributed by atoms with Gasteiger partial charge in [-0.05, 0) is 120 Å². The number of fused-ring (bicyclic) bond motifs is 6. The lowest BCUT2D eigenvalue weighted by Gasteiger charge is -2.29. The normalized spacial score (nSPS) is 14.1. The third-order valence-corrected chi connectivity index (χ3v) is 11.8. The lowest BCUT2D eigenvalue weighted by atomic mass is 9.99. The van der Waals surface area contributed by atoms with Crippen molar-refractivity contribution in [3.63, 3.8) is 0 Å². The fraction of sp³-hybridized carbons (Fsp3) is 0.0545. The second kappa shape index (κ2) is 14.0. The van der Waals surface area contributed by atoms with E-state index in [0.29, 0.717) is 5.92 Å². The minimum atomic E-state index is 0.527. The molecule has 0 spiro atoms. The van der Waals surface area contributed by atoms with Crippen molar-refractivity contribution in [2.75, 3.05) is 4.90 Å². The van der Waals surface area contributed by atoms with Gasteiger partial charge in [0.05, 0.1) is 22.1 Å². The van der Waals surface area contributed by atoms with Gasteiger partial charge in [-0.25, -0.2) is 0 Å². The Morgan fingerprint density at radius 2 is 0.879 bits per heavy atom. The maximum Gasteiger partial charge on any atom is 0.0547 e. The molecule has 58 heavy (non-hydrogen) atoms. The van der Waals surface area contributed by atoms with Gasteiger partial charge in [-0.2, -0.15) is 0 Å². The molecule has 0 saturated heterocycles. The first-order chi connectivity index (χ1) is 28.7. The maximum atomic E-state index is 2.39. The lowest BCUT2D eigenvalue weighted by molar-refractivity contribution is 0.728. The zero-order valence-electron chi connectivity index (χ0n) is 32.3. The third-order valence-electron chi connectivity index (χ3n) is 11.8. The Hall–Kier alpha value is -7.36. The van der Waals surface area contributed by atoms with Crippen molar-refractivity contribution in [2.45, 2.75) is 13.3 Å². The molecule has 0 bridgehead atoms. The summed E-state index contributed by atoms with van der Waals surface area (Å²) >= 11 is 0. The molecule has 3 heteroatoms. The smallest absolute Gasteiger partial charge is 0.0547 e. The van der Waals surface area contributed by atoms with Crippen molar-refractivity contribution < 1.29 is 0 Å². The van der Waals surface area contributed by atoms with Gasteiger partial charge in [0.1, 0.15) is 0 Å². The molecule has 0 fully saturated rings. The van der Waals surface area contributed by atoms with Crippen LogP contribution in [-0.4, -0.2) is 9.13 Å². The molecular weight excluding hydrogens is 703 g/mol. The number of rotatable bonds is 7. The fourth-order valence-electron chi connectivity index (χ4n) is 8.95. The standard InChI is InChI=1S/C55H41N3/c1-38-20-28-45(29-21-38)56(46-30-22-39(23-31-46)41-27-35-54-51(36-41)49-17-9-11-19-53(49)57(54)43-12-4-2-5-13-43)47-32-24-40(25-33-47)42-26-34-50-48-16-8-10-18-52(48)58(55(50)37-42)44-14-6-3-7-15-44/h2-20,22-38H,21H2,1H3. The highest BCUT2D eigenvalue weighted by atomic mass is 15.1. The monoisotopic (exact) mass is 743 g/mol. The molecule has 1 unspecified atom stereocenters. The average Bonchev–Trinajstić information content (AvgIpc) is 3.80. The maximum absolute atomic E-state index is 2.39. The molecule has 0 saturated carbocycles. The SMILES string of the molecule is CC1C=CC(N(c2ccc(-c3ccc4c(c3)c3ccccc3n4-c3ccccc3)cc2)c2ccc(-c3ccc4c5ccccc5n(-c5ccccc5)c4c3)cc2)=CC1. The number of hydrogen-bond acceptors (Lipinski definition) is 1. The van der Waals surface area contributed by atoms with E-state index in [0.717, 1.165) is 17.8 Å². The number of benzene rings is 8. The number of nitrogens with zero attached hydrogens (tertiary/aromatic N) is 3. The Labute approximate surface area is 338 Å². The van der Waals surface area contributed by atoms with Crippen molar-refractivity contribution in [1.29, 1.82) is 0 Å². The van der Waals surface area contributed by atoms with Crippen LogP contribution in [0.25, 0.3) is 77.2 Å². The van der Waals surface area contributed by atoms with E-state index >= 15 is 0 Å². The summed E-state index contributed by atoms with van der Waals surface area (Å²) < 4.78 is 4.76. The Bertz CT molecular complexity index is 3180. The van der Waals surface area contributed by atoms with Gasteiger partial charge in [0.2, 0.25) is 0 Å². The molecule has 11 rings (SSSR count). The highest BCUT2D eigenvalue weighted by Gasteiger charge is 2.18. The molecule has 8 aromatic carbocycles. The zero-order chi connectivity index (χ0) is 38.6. The first-order valence-corrected chi connectivity index (χ1v) is 20.2. The van der Waals surface area contributed by atoms with Crippen LogP contribution < -0.4 is 4.90 Å². The topological polar surface area (TPSA) is 13.1 Å². The van der Waals surface area contributed by atoms with Crippen molar-refractivity contribution >= 4 is 55.0 Å². The summed E-state index contributed by atoms with van der Waals surface area (Å²) in [4.78, 5) is 2.39. The number of anilines is 2. The van der Waals surface area contributed by atoms with E-state index in [1.54, 1.807) is 0 Å². The van der Waals surface area contributed by atoms with Crippen LogP contribution in [0.1, 0.15) is 13.3 Å². The summed E-state index contributed by atoms with van der Waals surface area (Å²) in [5.74, 6) is 0.527. The number of aromatic nitrogens is 2. The Morgan fingerprint density at radius 3 is 1.47 bits per heavy atom. The molecule has 0 amide bonds. The van der Waals surface area contributed by atoms with Gasteiger partial charge in [0.15, 0.2) is 0 Å². The first-order valence-electron chi connectivity index (χ1n) is 20.2. The van der Waals surface area contributed by atoms with Crippen LogP contribution >= 0.6 is 0 Å². The van der Waals surface area contributed by atoms with Crippen molar-refractivity contribution in [2.24, 2.45) is 5.92 Å². The predicted molar refractivity (Wildman–Crippen MR) is 246 cm³/mol. The van der Waals surface area contributed by atoms with Gasteiger partial charge in [0.25, 0.3) is 0 Å². The molecule has 1 atom stereocenters. The summed E-state index contributed by atoms with van der Waals surface area (Å²) in [6.07, 6.45) is 8.00. The van der Waals surface area contributed by atoms with Crippen LogP contribution in [0.2, 0.25) is 0 Å². The van der Waals surface area contributed by atoms with Gasteiger partial charge in [-0.15, -0.1) is 0 Å². The molecule has 1 aliphatic carbocycles. The predicted octanol–water partition coefficient (Wildman–Crippen LogP) is 14.8. The molecule has 0 aliphatic heterocycles. The van der Waals surface area contributed by atoms with Crippen LogP contribution in [0.4, 0.5) is 11.4 Å². The van der Waals surface area contributed by atoms with Crippen molar-refractivity contribution in [1.82, 2.24) is 9.13 Å². The molecule has 1 aliphatic rings. The fourth-order valence-corrected chi connectivity index (χ4v) is 8.95. The van der Waals surface area contributed by atoms with Crippen LogP contribution in [0.3, 0.4) is 0 Å². The minimum absolute atomic E-state index is 0.527. The number of allylic oxidation sites excluding steroid dienone is 3. The van der Waals surface area contributed by atoms with Crippen LogP contribution in [0.15, 0.2) is 218 Å². The van der Waals surface area contributed by atoms with Crippen LogP contribution in [0, 0.1) is 5.92 Å². The van der Waals surface area contributed by atoms with Crippen molar-refractivity contribution in [3.8, 4) is 33.6 Å². The third kappa shape index (κ3) is 5.74. The van der Waals surface area contributed by atoms with E-state index < -0.39 is 0 Å². The van der Waals surface area contributed by atoms with Crippen LogP contribution in [0.5, 0.6) is 0 Å². The average molecular weight is 744 g/mol. The van der Waals surface area contributed by atoms with Gasteiger partial charge in [0, 0.05) is 50.0 Å². The summed E-state index contributed by atoms with van der Waals surface area (Å²) in [5.41, 5.74) is 15.5. The molecule has 2 heterocycles. The molecular formula is C55H41N3. The van der Waals surface area contributed by atoms with E-state index in [1.807, 2.05) is 0 Å². The molecule has 276 valence electrons. The summed E-state index contributed by atoms with van der Waals surface area (Å²) in [5, 5.41) is 5.05. The van der Waals surface area contributed by atoms with E-state index in [2.05, 4.69) is 233 Å². The highest BCUT2D eigenvalue weighted by Crippen LogP contribution is 2.39. The van der Waals surface area contributed by atoms with Crippen molar-refractivity contribution in [3.05, 3.63) is 218 Å². The molecule has 0 radical (unpaired) electrons.